The summed E-state index contributed by atoms with van der Waals surface area (Å²) in [6, 6.07) is 1.25. The summed E-state index contributed by atoms with van der Waals surface area (Å²) in [6.07, 6.45) is 3.66. The van der Waals surface area contributed by atoms with Gasteiger partial charge in [-0.15, -0.1) is 0 Å². The Kier molecular flexibility index (Phi) is 5.76. The molecule has 2 aliphatic rings. The molecule has 9 heteroatoms. The fourth-order valence-corrected chi connectivity index (χ4v) is 3.79. The summed E-state index contributed by atoms with van der Waals surface area (Å²) in [7, 11) is 0. The van der Waals surface area contributed by atoms with E-state index in [9.17, 15) is 19.3 Å². The van der Waals surface area contributed by atoms with Gasteiger partial charge in [0.1, 0.15) is 12.0 Å². The minimum atomic E-state index is -0.877. The van der Waals surface area contributed by atoms with Gasteiger partial charge in [-0.05, 0) is 44.4 Å². The number of piperidine rings is 1. The van der Waals surface area contributed by atoms with Gasteiger partial charge in [0.05, 0.1) is 10.5 Å². The molecule has 0 bridgehead atoms. The number of anilines is 2. The molecule has 1 amide bonds. The van der Waals surface area contributed by atoms with Crippen LogP contribution in [0.15, 0.2) is 6.07 Å². The van der Waals surface area contributed by atoms with Gasteiger partial charge < -0.3 is 16.0 Å². The highest BCUT2D eigenvalue weighted by atomic mass is 19.1. The highest BCUT2D eigenvalue weighted by Gasteiger charge is 2.29. The molecule has 1 aromatic heterocycles. The van der Waals surface area contributed by atoms with Crippen molar-refractivity contribution in [1.29, 1.82) is 0 Å². The highest BCUT2D eigenvalue weighted by molar-refractivity contribution is 6.00. The average molecular weight is 379 g/mol. The first-order chi connectivity index (χ1) is 12.8. The number of nitrogens with zero attached hydrogens (tertiary/aromatic N) is 3. The average Bonchev–Trinajstić information content (AvgIpc) is 2.63. The lowest BCUT2D eigenvalue weighted by Gasteiger charge is -2.31. The monoisotopic (exact) mass is 379 g/mol. The first kappa shape index (κ1) is 19.3. The predicted molar refractivity (Wildman–Crippen MR) is 101 cm³/mol. The topological polar surface area (TPSA) is 114 Å². The molecule has 1 aliphatic carbocycles. The van der Waals surface area contributed by atoms with Crippen LogP contribution < -0.4 is 16.0 Å². The van der Waals surface area contributed by atoms with E-state index >= 15 is 0 Å². The quantitative estimate of drug-likeness (QED) is 0.614. The Morgan fingerprint density at radius 2 is 1.93 bits per heavy atom. The van der Waals surface area contributed by atoms with E-state index in [-0.39, 0.29) is 29.0 Å². The maximum atomic E-state index is 13.5. The normalized spacial score (nSPS) is 23.9. The number of carbonyl (C=O) groups is 1. The first-order valence-electron chi connectivity index (χ1n) is 9.50. The van der Waals surface area contributed by atoms with E-state index in [1.54, 1.807) is 4.90 Å². The Morgan fingerprint density at radius 1 is 1.30 bits per heavy atom. The smallest absolute Gasteiger partial charge is 0.312 e. The largest absolute Gasteiger partial charge is 0.378 e. The number of carbonyl (C=O) groups excluding carboxylic acids is 1. The Morgan fingerprint density at radius 3 is 2.52 bits per heavy atom. The molecule has 1 saturated heterocycles. The third-order valence-electron chi connectivity index (χ3n) is 5.53. The number of halogens is 1. The maximum Gasteiger partial charge on any atom is 0.312 e. The molecule has 1 aromatic rings. The van der Waals surface area contributed by atoms with E-state index in [0.29, 0.717) is 37.7 Å². The van der Waals surface area contributed by atoms with Crippen LogP contribution in [0.5, 0.6) is 0 Å². The summed E-state index contributed by atoms with van der Waals surface area (Å²) in [4.78, 5) is 29.4. The van der Waals surface area contributed by atoms with Gasteiger partial charge in [-0.1, -0.05) is 6.92 Å². The van der Waals surface area contributed by atoms with Crippen LogP contribution in [0.4, 0.5) is 21.7 Å². The van der Waals surface area contributed by atoms with E-state index < -0.39 is 11.1 Å². The Hall–Kier alpha value is -2.45. The molecule has 3 N–H and O–H groups in total. The van der Waals surface area contributed by atoms with Crippen molar-refractivity contribution in [2.45, 2.75) is 57.7 Å². The summed E-state index contributed by atoms with van der Waals surface area (Å²) in [6.45, 7) is 2.98. The van der Waals surface area contributed by atoms with Crippen molar-refractivity contribution in [2.24, 2.45) is 5.92 Å². The summed E-state index contributed by atoms with van der Waals surface area (Å²) in [5.41, 5.74) is 5.48. The Balaban J connectivity index is 1.87. The van der Waals surface area contributed by atoms with Crippen LogP contribution in [-0.4, -0.2) is 41.1 Å². The van der Waals surface area contributed by atoms with Gasteiger partial charge in [-0.2, -0.15) is 0 Å². The molecule has 0 unspecified atom stereocenters. The molecule has 0 aromatic carbocycles. The summed E-state index contributed by atoms with van der Waals surface area (Å²) >= 11 is 0. The zero-order chi connectivity index (χ0) is 19.6. The Labute approximate surface area is 157 Å². The van der Waals surface area contributed by atoms with Gasteiger partial charge in [0, 0.05) is 25.2 Å². The van der Waals surface area contributed by atoms with Gasteiger partial charge in [0.25, 0.3) is 5.91 Å². The summed E-state index contributed by atoms with van der Waals surface area (Å²) in [5.74, 6) is 0.324. The van der Waals surface area contributed by atoms with Crippen LogP contribution in [0.25, 0.3) is 0 Å². The summed E-state index contributed by atoms with van der Waals surface area (Å²) < 4.78 is 13.5. The number of aromatic nitrogens is 1. The van der Waals surface area contributed by atoms with Gasteiger partial charge in [-0.3, -0.25) is 14.9 Å². The van der Waals surface area contributed by atoms with Crippen LogP contribution in [0.1, 0.15) is 55.8 Å². The molecule has 0 radical (unpaired) electrons. The number of hydrogen-bond donors (Lipinski definition) is 2. The SMILES string of the molecule is CC1CCC(NC(=O)c2cc([N+](=O)[O-])c(N)nc2N2CCC(F)CC2)CC1. The number of rotatable bonds is 4. The number of alkyl halides is 1. The number of nitro groups is 1. The number of nitrogens with two attached hydrogens (primary N) is 1. The molecule has 3 rings (SSSR count). The van der Waals surface area contributed by atoms with E-state index in [4.69, 9.17) is 5.73 Å². The van der Waals surface area contributed by atoms with Crippen molar-refractivity contribution >= 4 is 23.2 Å². The van der Waals surface area contributed by atoms with Gasteiger partial charge >= 0.3 is 5.69 Å². The fourth-order valence-electron chi connectivity index (χ4n) is 3.79. The van der Waals surface area contributed by atoms with Crippen molar-refractivity contribution in [2.75, 3.05) is 23.7 Å². The number of pyridine rings is 1. The first-order valence-corrected chi connectivity index (χ1v) is 9.50. The van der Waals surface area contributed by atoms with Crippen molar-refractivity contribution in [3.8, 4) is 0 Å². The predicted octanol–water partition coefficient (Wildman–Crippen LogP) is 2.82. The second kappa shape index (κ2) is 8.06. The van der Waals surface area contributed by atoms with Crippen molar-refractivity contribution in [3.05, 3.63) is 21.7 Å². The minimum absolute atomic E-state index is 0.0507. The summed E-state index contributed by atoms with van der Waals surface area (Å²) in [5, 5.41) is 14.2. The number of hydrogen-bond acceptors (Lipinski definition) is 6. The third kappa shape index (κ3) is 4.45. The molecule has 1 saturated carbocycles. The molecule has 27 heavy (non-hydrogen) atoms. The zero-order valence-corrected chi connectivity index (χ0v) is 15.5. The molecule has 0 spiro atoms. The molecule has 8 nitrogen and oxygen atoms in total. The molecule has 1 aliphatic heterocycles. The molecular formula is C18H26FN5O3. The number of nitrogens with one attached hydrogen (secondary N) is 1. The van der Waals surface area contributed by atoms with Crippen molar-refractivity contribution in [3.63, 3.8) is 0 Å². The lowest BCUT2D eigenvalue weighted by Crippen LogP contribution is -2.40. The van der Waals surface area contributed by atoms with Crippen LogP contribution in [0.2, 0.25) is 0 Å². The highest BCUT2D eigenvalue weighted by Crippen LogP contribution is 2.31. The second-order valence-electron chi connectivity index (χ2n) is 7.61. The van der Waals surface area contributed by atoms with Crippen molar-refractivity contribution in [1.82, 2.24) is 10.3 Å². The maximum absolute atomic E-state index is 13.5. The number of nitrogen functional groups attached to an aromatic ring is 1. The third-order valence-corrected chi connectivity index (χ3v) is 5.53. The second-order valence-corrected chi connectivity index (χ2v) is 7.61. The molecule has 2 fully saturated rings. The van der Waals surface area contributed by atoms with E-state index in [1.807, 2.05) is 0 Å². The van der Waals surface area contributed by atoms with E-state index in [1.165, 1.54) is 6.07 Å². The van der Waals surface area contributed by atoms with Gasteiger partial charge in [-0.25, -0.2) is 9.37 Å². The van der Waals surface area contributed by atoms with Crippen molar-refractivity contribution < 1.29 is 14.1 Å². The van der Waals surface area contributed by atoms with Gasteiger partial charge in [0.2, 0.25) is 5.82 Å². The van der Waals surface area contributed by atoms with Crippen LogP contribution >= 0.6 is 0 Å². The molecule has 2 heterocycles. The lowest BCUT2D eigenvalue weighted by atomic mass is 9.87. The van der Waals surface area contributed by atoms with Crippen LogP contribution in [-0.2, 0) is 0 Å². The molecule has 0 atom stereocenters. The Bertz CT molecular complexity index is 713. The van der Waals surface area contributed by atoms with Crippen LogP contribution in [0, 0.1) is 16.0 Å². The van der Waals surface area contributed by atoms with E-state index in [2.05, 4.69) is 17.2 Å². The lowest BCUT2D eigenvalue weighted by molar-refractivity contribution is -0.384. The van der Waals surface area contributed by atoms with E-state index in [0.717, 1.165) is 25.7 Å². The molecular weight excluding hydrogens is 353 g/mol. The minimum Gasteiger partial charge on any atom is -0.378 e. The van der Waals surface area contributed by atoms with Gasteiger partial charge in [0.15, 0.2) is 0 Å². The standard InChI is InChI=1S/C18H26FN5O3/c1-11-2-4-13(5-3-11)21-18(25)14-10-15(24(26)27)16(20)22-17(14)23-8-6-12(19)7-9-23/h10-13H,2-9H2,1H3,(H2,20,22)(H,21,25). The van der Waals surface area contributed by atoms with Crippen LogP contribution in [0.3, 0.4) is 0 Å². The zero-order valence-electron chi connectivity index (χ0n) is 15.5. The number of amides is 1. The molecule has 148 valence electrons. The fraction of sp³-hybridized carbons (Fsp3) is 0.667.